The summed E-state index contributed by atoms with van der Waals surface area (Å²) in [6, 6.07) is 7.70. The zero-order valence-electron chi connectivity index (χ0n) is 11.4. The van der Waals surface area contributed by atoms with E-state index in [0.717, 1.165) is 17.7 Å². The predicted octanol–water partition coefficient (Wildman–Crippen LogP) is 2.34. The van der Waals surface area contributed by atoms with Crippen LogP contribution in [-0.4, -0.2) is 36.8 Å². The quantitative estimate of drug-likeness (QED) is 0.455. The van der Waals surface area contributed by atoms with Crippen molar-refractivity contribution in [3.8, 4) is 0 Å². The molecule has 4 nitrogen and oxygen atoms in total. The second-order valence-corrected chi connectivity index (χ2v) is 7.97. The van der Waals surface area contributed by atoms with Gasteiger partial charge in [-0.05, 0) is 25.0 Å². The van der Waals surface area contributed by atoms with Crippen LogP contribution in [0.4, 0.5) is 5.69 Å². The fourth-order valence-electron chi connectivity index (χ4n) is 1.97. The van der Waals surface area contributed by atoms with Gasteiger partial charge in [0.2, 0.25) is 10.0 Å². The molecule has 0 saturated heterocycles. The zero-order chi connectivity index (χ0) is 14.6. The molecule has 0 radical (unpaired) electrons. The van der Waals surface area contributed by atoms with E-state index < -0.39 is 10.0 Å². The Bertz CT molecular complexity index is 568. The number of sulfonamides is 1. The first-order valence-corrected chi connectivity index (χ1v) is 9.22. The van der Waals surface area contributed by atoms with E-state index in [1.54, 1.807) is 10.4 Å². The molecule has 0 unspecified atom stereocenters. The zero-order valence-corrected chi connectivity index (χ0v) is 13.0. The molecule has 0 bridgehead atoms. The molecule has 2 rings (SSSR count). The Morgan fingerprint density at radius 3 is 2.70 bits per heavy atom. The highest BCUT2D eigenvalue weighted by atomic mass is 32.2. The number of anilines is 1. The number of nitrogens with two attached hydrogens (primary N) is 1. The number of rotatable bonds is 8. The van der Waals surface area contributed by atoms with Crippen LogP contribution < -0.4 is 5.73 Å². The molecule has 2 N–H and O–H groups in total. The lowest BCUT2D eigenvalue weighted by atomic mass is 10.3. The topological polar surface area (TPSA) is 63.4 Å². The summed E-state index contributed by atoms with van der Waals surface area (Å²) >= 11 is 1.48. The van der Waals surface area contributed by atoms with Crippen molar-refractivity contribution < 1.29 is 8.42 Å². The molecule has 1 aliphatic carbocycles. The minimum Gasteiger partial charge on any atom is -0.398 e. The molecule has 1 fully saturated rings. The second kappa shape index (κ2) is 6.65. The van der Waals surface area contributed by atoms with E-state index in [1.165, 1.54) is 11.8 Å². The summed E-state index contributed by atoms with van der Waals surface area (Å²) in [6.07, 6.45) is 3.58. The molecular weight excluding hydrogens is 292 g/mol. The van der Waals surface area contributed by atoms with Crippen LogP contribution in [0.25, 0.3) is 0 Å². The van der Waals surface area contributed by atoms with Crippen LogP contribution in [0.2, 0.25) is 0 Å². The molecule has 1 aromatic carbocycles. The Morgan fingerprint density at radius 2 is 2.10 bits per heavy atom. The molecule has 1 aromatic rings. The summed E-state index contributed by atoms with van der Waals surface area (Å²) in [5.74, 6) is 0.646. The summed E-state index contributed by atoms with van der Waals surface area (Å²) in [4.78, 5) is 0.935. The predicted molar refractivity (Wildman–Crippen MR) is 85.3 cm³/mol. The van der Waals surface area contributed by atoms with Crippen molar-refractivity contribution in [2.24, 2.45) is 0 Å². The Kier molecular flexibility index (Phi) is 5.12. The molecular formula is C14H20N2O2S2. The fraction of sp³-hybridized carbons (Fsp3) is 0.429. The summed E-state index contributed by atoms with van der Waals surface area (Å²) in [6.45, 7) is 4.04. The van der Waals surface area contributed by atoms with Gasteiger partial charge < -0.3 is 5.73 Å². The van der Waals surface area contributed by atoms with Crippen molar-refractivity contribution in [1.29, 1.82) is 0 Å². The first-order chi connectivity index (χ1) is 9.54. The van der Waals surface area contributed by atoms with Gasteiger partial charge in [-0.25, -0.2) is 8.42 Å². The van der Waals surface area contributed by atoms with E-state index in [9.17, 15) is 8.42 Å². The molecule has 6 heteroatoms. The number of benzene rings is 1. The largest absolute Gasteiger partial charge is 0.398 e. The van der Waals surface area contributed by atoms with Crippen LogP contribution in [0.3, 0.4) is 0 Å². The number of hydrogen-bond acceptors (Lipinski definition) is 4. The monoisotopic (exact) mass is 312 g/mol. The van der Waals surface area contributed by atoms with Gasteiger partial charge in [-0.15, -0.1) is 18.3 Å². The van der Waals surface area contributed by atoms with Crippen LogP contribution in [-0.2, 0) is 10.0 Å². The van der Waals surface area contributed by atoms with Crippen molar-refractivity contribution in [3.63, 3.8) is 0 Å². The van der Waals surface area contributed by atoms with Crippen molar-refractivity contribution in [2.45, 2.75) is 23.8 Å². The van der Waals surface area contributed by atoms with E-state index in [2.05, 4.69) is 6.58 Å². The fourth-order valence-corrected chi connectivity index (χ4v) is 5.00. The first kappa shape index (κ1) is 15.4. The van der Waals surface area contributed by atoms with Crippen LogP contribution in [0.1, 0.15) is 12.8 Å². The van der Waals surface area contributed by atoms with E-state index in [4.69, 9.17) is 5.73 Å². The number of nitrogens with zero attached hydrogens (tertiary/aromatic N) is 1. The minimum absolute atomic E-state index is 0.135. The minimum atomic E-state index is -3.20. The molecule has 1 aliphatic rings. The van der Waals surface area contributed by atoms with E-state index in [-0.39, 0.29) is 11.8 Å². The van der Waals surface area contributed by atoms with Crippen molar-refractivity contribution in [3.05, 3.63) is 36.9 Å². The van der Waals surface area contributed by atoms with Crippen molar-refractivity contribution >= 4 is 27.5 Å². The van der Waals surface area contributed by atoms with E-state index in [1.807, 2.05) is 24.3 Å². The lowest BCUT2D eigenvalue weighted by molar-refractivity contribution is 0.437. The van der Waals surface area contributed by atoms with Crippen LogP contribution in [0, 0.1) is 0 Å². The molecule has 0 atom stereocenters. The summed E-state index contributed by atoms with van der Waals surface area (Å²) in [5, 5.41) is 0. The van der Waals surface area contributed by atoms with Gasteiger partial charge in [-0.2, -0.15) is 4.31 Å². The Morgan fingerprint density at radius 1 is 1.40 bits per heavy atom. The lowest BCUT2D eigenvalue weighted by Crippen LogP contribution is -2.35. The third kappa shape index (κ3) is 4.01. The number of hydrogen-bond donors (Lipinski definition) is 1. The number of nitrogen functional groups attached to an aromatic ring is 1. The number of para-hydroxylation sites is 1. The molecule has 0 amide bonds. The smallest absolute Gasteiger partial charge is 0.215 e. The first-order valence-electron chi connectivity index (χ1n) is 6.62. The molecule has 0 aromatic heterocycles. The SMILES string of the molecule is C=CCN(C1CC1)S(=O)(=O)CCSc1ccccc1N. The standard InChI is InChI=1S/C14H20N2O2S2/c1-2-9-16(12-7-8-12)20(17,18)11-10-19-14-6-4-3-5-13(14)15/h2-6,12H,1,7-11,15H2. The maximum Gasteiger partial charge on any atom is 0.215 e. The van der Waals surface area contributed by atoms with Gasteiger partial charge in [0.05, 0.1) is 5.75 Å². The Balaban J connectivity index is 1.92. The molecule has 110 valence electrons. The van der Waals surface area contributed by atoms with E-state index >= 15 is 0 Å². The third-order valence-electron chi connectivity index (χ3n) is 3.14. The average molecular weight is 312 g/mol. The van der Waals surface area contributed by atoms with Gasteiger partial charge in [-0.1, -0.05) is 18.2 Å². The van der Waals surface area contributed by atoms with Crippen molar-refractivity contribution in [1.82, 2.24) is 4.31 Å². The highest BCUT2D eigenvalue weighted by Gasteiger charge is 2.35. The van der Waals surface area contributed by atoms with Crippen LogP contribution in [0.5, 0.6) is 0 Å². The van der Waals surface area contributed by atoms with Gasteiger partial charge >= 0.3 is 0 Å². The molecule has 0 aliphatic heterocycles. The highest BCUT2D eigenvalue weighted by molar-refractivity contribution is 8.00. The van der Waals surface area contributed by atoms with Gasteiger partial charge in [0.15, 0.2) is 0 Å². The highest BCUT2D eigenvalue weighted by Crippen LogP contribution is 2.30. The summed E-state index contributed by atoms with van der Waals surface area (Å²) < 4.78 is 26.2. The summed E-state index contributed by atoms with van der Waals surface area (Å²) in [7, 11) is -3.20. The summed E-state index contributed by atoms with van der Waals surface area (Å²) in [5.41, 5.74) is 6.54. The molecule has 20 heavy (non-hydrogen) atoms. The molecule has 0 heterocycles. The molecule has 1 saturated carbocycles. The van der Waals surface area contributed by atoms with Crippen LogP contribution >= 0.6 is 11.8 Å². The third-order valence-corrected chi connectivity index (χ3v) is 6.37. The molecule has 0 spiro atoms. The number of thioether (sulfide) groups is 1. The van der Waals surface area contributed by atoms with Gasteiger partial charge in [0.1, 0.15) is 0 Å². The van der Waals surface area contributed by atoms with Crippen LogP contribution in [0.15, 0.2) is 41.8 Å². The Hall–Kier alpha value is -0.980. The maximum absolute atomic E-state index is 12.3. The van der Waals surface area contributed by atoms with Gasteiger partial charge in [0.25, 0.3) is 0 Å². The van der Waals surface area contributed by atoms with Gasteiger partial charge in [-0.3, -0.25) is 0 Å². The average Bonchev–Trinajstić information content (AvgIpc) is 3.22. The second-order valence-electron chi connectivity index (χ2n) is 4.79. The lowest BCUT2D eigenvalue weighted by Gasteiger charge is -2.20. The normalized spacial score (nSPS) is 15.4. The maximum atomic E-state index is 12.3. The van der Waals surface area contributed by atoms with Crippen molar-refractivity contribution in [2.75, 3.05) is 23.8 Å². The Labute approximate surface area is 125 Å². The van der Waals surface area contributed by atoms with Gasteiger partial charge in [0, 0.05) is 28.9 Å². The van der Waals surface area contributed by atoms with E-state index in [0.29, 0.717) is 18.0 Å².